The number of hydrogen-bond donors (Lipinski definition) is 1. The van der Waals surface area contributed by atoms with Gasteiger partial charge in [-0.2, -0.15) is 0 Å². The second-order valence-corrected chi connectivity index (χ2v) is 5.73. The van der Waals surface area contributed by atoms with Gasteiger partial charge in [0.2, 0.25) is 0 Å². The van der Waals surface area contributed by atoms with Gasteiger partial charge in [-0.05, 0) is 32.1 Å². The van der Waals surface area contributed by atoms with Gasteiger partial charge in [0, 0.05) is 26.5 Å². The second kappa shape index (κ2) is 19.9. The largest absolute Gasteiger partial charge is 0.481 e. The minimum absolute atomic E-state index is 0. The Morgan fingerprint density at radius 2 is 1.19 bits per heavy atom. The molecule has 0 aromatic carbocycles. The standard InChI is InChI=1S/C18H34O2.Ir/c1-2-3-4-5-6-7-8-9-10-11-12-13-14-15-16-17-18(19)20;/h9-10H,2-8,11-17H2,1H3,(H,19,20);/b10-9-;. The van der Waals surface area contributed by atoms with E-state index >= 15 is 0 Å². The fraction of sp³-hybridized carbons (Fsp3) is 0.833. The molecule has 0 spiro atoms. The molecule has 0 heterocycles. The number of carboxylic acids is 1. The van der Waals surface area contributed by atoms with Crippen LogP contribution in [0.1, 0.15) is 96.8 Å². The molecular weight excluding hydrogens is 440 g/mol. The van der Waals surface area contributed by atoms with Crippen molar-refractivity contribution in [1.29, 1.82) is 0 Å². The summed E-state index contributed by atoms with van der Waals surface area (Å²) in [4.78, 5) is 10.3. The van der Waals surface area contributed by atoms with E-state index in [0.29, 0.717) is 6.42 Å². The second-order valence-electron chi connectivity index (χ2n) is 5.73. The maximum atomic E-state index is 10.3. The summed E-state index contributed by atoms with van der Waals surface area (Å²) < 4.78 is 0. The first-order valence-electron chi connectivity index (χ1n) is 8.64. The summed E-state index contributed by atoms with van der Waals surface area (Å²) in [5, 5.41) is 8.51. The molecule has 0 unspecified atom stereocenters. The summed E-state index contributed by atoms with van der Waals surface area (Å²) in [6.07, 6.45) is 21.2. The van der Waals surface area contributed by atoms with Gasteiger partial charge in [-0.15, -0.1) is 0 Å². The molecule has 0 saturated carbocycles. The first-order chi connectivity index (χ1) is 9.77. The number of carboxylic acid groups (broad SMARTS) is 1. The fourth-order valence-corrected chi connectivity index (χ4v) is 2.35. The van der Waals surface area contributed by atoms with Crippen LogP contribution in [0, 0.1) is 0 Å². The Labute approximate surface area is 145 Å². The van der Waals surface area contributed by atoms with Crippen LogP contribution in [-0.2, 0) is 24.9 Å². The van der Waals surface area contributed by atoms with E-state index in [1.54, 1.807) is 0 Å². The predicted octanol–water partition coefficient (Wildman–Crippen LogP) is 6.11. The topological polar surface area (TPSA) is 37.3 Å². The summed E-state index contributed by atoms with van der Waals surface area (Å²) in [5.74, 6) is -0.664. The molecule has 2 nitrogen and oxygen atoms in total. The summed E-state index contributed by atoms with van der Waals surface area (Å²) in [6.45, 7) is 2.26. The number of rotatable bonds is 15. The quantitative estimate of drug-likeness (QED) is 0.230. The van der Waals surface area contributed by atoms with Crippen LogP contribution in [0.3, 0.4) is 0 Å². The molecule has 1 N–H and O–H groups in total. The van der Waals surface area contributed by atoms with Crippen LogP contribution in [-0.4, -0.2) is 11.1 Å². The molecule has 0 rings (SSSR count). The fourth-order valence-electron chi connectivity index (χ4n) is 2.35. The van der Waals surface area contributed by atoms with E-state index in [9.17, 15) is 4.79 Å². The molecule has 0 atom stereocenters. The minimum Gasteiger partial charge on any atom is -0.481 e. The van der Waals surface area contributed by atoms with Crippen LogP contribution < -0.4 is 0 Å². The van der Waals surface area contributed by atoms with Gasteiger partial charge in [0.25, 0.3) is 0 Å². The van der Waals surface area contributed by atoms with Gasteiger partial charge in [0.1, 0.15) is 0 Å². The van der Waals surface area contributed by atoms with Gasteiger partial charge >= 0.3 is 5.97 Å². The van der Waals surface area contributed by atoms with Gasteiger partial charge in [0.15, 0.2) is 0 Å². The first-order valence-corrected chi connectivity index (χ1v) is 8.64. The molecule has 3 heteroatoms. The molecule has 0 aliphatic heterocycles. The van der Waals surface area contributed by atoms with E-state index in [2.05, 4.69) is 19.1 Å². The maximum Gasteiger partial charge on any atom is 0.303 e. The Kier molecular flexibility index (Phi) is 21.9. The van der Waals surface area contributed by atoms with Crippen LogP contribution in [0.2, 0.25) is 0 Å². The molecular formula is C18H34IrO2. The Balaban J connectivity index is 0. The van der Waals surface area contributed by atoms with Crippen molar-refractivity contribution in [3.05, 3.63) is 12.2 Å². The van der Waals surface area contributed by atoms with Crippen LogP contribution in [0.4, 0.5) is 0 Å². The van der Waals surface area contributed by atoms with Gasteiger partial charge in [-0.3, -0.25) is 4.79 Å². The van der Waals surface area contributed by atoms with Gasteiger partial charge in [-0.25, -0.2) is 0 Å². The number of unbranched alkanes of at least 4 members (excludes halogenated alkanes) is 11. The third-order valence-electron chi connectivity index (χ3n) is 3.65. The Morgan fingerprint density at radius 3 is 1.67 bits per heavy atom. The van der Waals surface area contributed by atoms with Crippen molar-refractivity contribution in [2.75, 3.05) is 0 Å². The molecule has 0 fully saturated rings. The van der Waals surface area contributed by atoms with Crippen molar-refractivity contribution in [3.8, 4) is 0 Å². The number of aliphatic carboxylic acids is 1. The molecule has 0 aromatic rings. The number of hydrogen-bond acceptors (Lipinski definition) is 1. The van der Waals surface area contributed by atoms with Crippen molar-refractivity contribution in [2.45, 2.75) is 96.8 Å². The smallest absolute Gasteiger partial charge is 0.303 e. The summed E-state index contributed by atoms with van der Waals surface area (Å²) in [7, 11) is 0. The first kappa shape index (κ1) is 23.1. The monoisotopic (exact) mass is 475 g/mol. The van der Waals surface area contributed by atoms with Crippen LogP contribution in [0.25, 0.3) is 0 Å². The molecule has 0 aromatic heterocycles. The van der Waals surface area contributed by atoms with Gasteiger partial charge < -0.3 is 5.11 Å². The van der Waals surface area contributed by atoms with E-state index < -0.39 is 5.97 Å². The molecule has 21 heavy (non-hydrogen) atoms. The van der Waals surface area contributed by atoms with E-state index in [-0.39, 0.29) is 20.1 Å². The minimum atomic E-state index is -0.664. The Morgan fingerprint density at radius 1 is 0.762 bits per heavy atom. The van der Waals surface area contributed by atoms with Crippen molar-refractivity contribution in [1.82, 2.24) is 0 Å². The molecule has 0 amide bonds. The number of carbonyl (C=O) groups is 1. The van der Waals surface area contributed by atoms with E-state index in [4.69, 9.17) is 5.11 Å². The molecule has 0 saturated heterocycles. The predicted molar refractivity (Wildman–Crippen MR) is 87.1 cm³/mol. The van der Waals surface area contributed by atoms with Gasteiger partial charge in [0.05, 0.1) is 0 Å². The van der Waals surface area contributed by atoms with Crippen molar-refractivity contribution in [3.63, 3.8) is 0 Å². The molecule has 0 aliphatic carbocycles. The average molecular weight is 475 g/mol. The molecule has 127 valence electrons. The zero-order chi connectivity index (χ0) is 14.9. The summed E-state index contributed by atoms with van der Waals surface area (Å²) in [6, 6.07) is 0. The average Bonchev–Trinajstić information content (AvgIpc) is 2.43. The third kappa shape index (κ3) is 22.3. The SMILES string of the molecule is CCCCCCCC/C=C\CCCCCCCC(=O)O.[Ir]. The normalized spacial score (nSPS) is 10.7. The van der Waals surface area contributed by atoms with E-state index in [0.717, 1.165) is 12.8 Å². The zero-order valence-corrected chi connectivity index (χ0v) is 16.1. The Hall–Kier alpha value is -0.141. The zero-order valence-electron chi connectivity index (χ0n) is 13.7. The summed E-state index contributed by atoms with van der Waals surface area (Å²) in [5.41, 5.74) is 0. The van der Waals surface area contributed by atoms with Gasteiger partial charge in [-0.1, -0.05) is 70.4 Å². The van der Waals surface area contributed by atoms with Crippen LogP contribution in [0.15, 0.2) is 12.2 Å². The van der Waals surface area contributed by atoms with E-state index in [1.807, 2.05) is 0 Å². The van der Waals surface area contributed by atoms with Crippen LogP contribution >= 0.6 is 0 Å². The van der Waals surface area contributed by atoms with E-state index in [1.165, 1.54) is 70.6 Å². The van der Waals surface area contributed by atoms with Crippen molar-refractivity contribution >= 4 is 5.97 Å². The maximum absolute atomic E-state index is 10.3. The summed E-state index contributed by atoms with van der Waals surface area (Å²) >= 11 is 0. The third-order valence-corrected chi connectivity index (χ3v) is 3.65. The molecule has 0 aliphatic rings. The number of allylic oxidation sites excluding steroid dienone is 2. The van der Waals surface area contributed by atoms with Crippen LogP contribution in [0.5, 0.6) is 0 Å². The Bertz CT molecular complexity index is 239. The molecule has 0 bridgehead atoms. The van der Waals surface area contributed by atoms with Crippen molar-refractivity contribution < 1.29 is 30.0 Å². The van der Waals surface area contributed by atoms with Crippen molar-refractivity contribution in [2.24, 2.45) is 0 Å². The molecule has 1 radical (unpaired) electrons.